The van der Waals surface area contributed by atoms with E-state index in [0.29, 0.717) is 16.5 Å². The van der Waals surface area contributed by atoms with Crippen LogP contribution in [0.5, 0.6) is 5.75 Å². The lowest BCUT2D eigenvalue weighted by Crippen LogP contribution is -2.15. The van der Waals surface area contributed by atoms with Crippen LogP contribution in [0.25, 0.3) is 21.7 Å². The van der Waals surface area contributed by atoms with Gasteiger partial charge < -0.3 is 14.1 Å². The largest absolute Gasteiger partial charge is 0.378 e. The summed E-state index contributed by atoms with van der Waals surface area (Å²) in [5.74, 6) is 0.0457. The van der Waals surface area contributed by atoms with Gasteiger partial charge >= 0.3 is 10.1 Å². The zero-order valence-electron chi connectivity index (χ0n) is 21.8. The van der Waals surface area contributed by atoms with E-state index < -0.39 is 20.1 Å². The number of nitrogens with zero attached hydrogens (tertiary/aromatic N) is 1. The minimum Gasteiger partial charge on any atom is -0.378 e. The fraction of sp³-hybridized carbons (Fsp3) is 0.172. The van der Waals surface area contributed by atoms with Gasteiger partial charge in [-0.15, -0.1) is 0 Å². The first-order chi connectivity index (χ1) is 18.5. The van der Waals surface area contributed by atoms with Gasteiger partial charge in [-0.1, -0.05) is 42.0 Å². The number of aromatic amines is 1. The van der Waals surface area contributed by atoms with Crippen LogP contribution >= 0.6 is 0 Å². The lowest BCUT2D eigenvalue weighted by molar-refractivity contribution is 0.414. The molecule has 0 fully saturated rings. The van der Waals surface area contributed by atoms with E-state index in [0.717, 1.165) is 35.0 Å². The SMILES string of the molecule is Cc1ccc(S(=O)(=O)Oc2cccc3c(S(=O)(=O)Nc4ccc5[nH]cc(CCN(C)C)c5c4)cccc23)cc1. The number of sulfonamides is 1. The van der Waals surface area contributed by atoms with Crippen molar-refractivity contribution in [3.05, 3.63) is 96.2 Å². The number of nitrogens with one attached hydrogen (secondary N) is 2. The quantitative estimate of drug-likeness (QED) is 0.236. The molecule has 39 heavy (non-hydrogen) atoms. The summed E-state index contributed by atoms with van der Waals surface area (Å²) in [4.78, 5) is 5.36. The van der Waals surface area contributed by atoms with E-state index in [1.54, 1.807) is 42.5 Å². The van der Waals surface area contributed by atoms with Crippen LogP contribution in [-0.2, 0) is 26.6 Å². The number of aromatic nitrogens is 1. The van der Waals surface area contributed by atoms with Crippen LogP contribution in [0.15, 0.2) is 94.9 Å². The Morgan fingerprint density at radius 2 is 1.56 bits per heavy atom. The van der Waals surface area contributed by atoms with Crippen molar-refractivity contribution >= 4 is 47.5 Å². The molecule has 10 heteroatoms. The molecule has 1 heterocycles. The molecular formula is C29H29N3O5S2. The molecule has 1 aromatic heterocycles. The van der Waals surface area contributed by atoms with Gasteiger partial charge in [-0.3, -0.25) is 4.72 Å². The highest BCUT2D eigenvalue weighted by Crippen LogP contribution is 2.33. The topological polar surface area (TPSA) is 109 Å². The fourth-order valence-corrected chi connectivity index (χ4v) is 6.65. The third-order valence-electron chi connectivity index (χ3n) is 6.49. The molecule has 0 unspecified atom stereocenters. The molecule has 5 rings (SSSR count). The first-order valence-electron chi connectivity index (χ1n) is 12.3. The first-order valence-corrected chi connectivity index (χ1v) is 15.2. The Kier molecular flexibility index (Phi) is 7.11. The van der Waals surface area contributed by atoms with Gasteiger partial charge in [-0.2, -0.15) is 8.42 Å². The van der Waals surface area contributed by atoms with Crippen LogP contribution in [0.3, 0.4) is 0 Å². The van der Waals surface area contributed by atoms with Gasteiger partial charge in [0.2, 0.25) is 0 Å². The van der Waals surface area contributed by atoms with Gasteiger partial charge in [0.15, 0.2) is 5.75 Å². The van der Waals surface area contributed by atoms with Crippen LogP contribution < -0.4 is 8.91 Å². The number of fused-ring (bicyclic) bond motifs is 2. The molecule has 0 saturated carbocycles. The molecule has 202 valence electrons. The van der Waals surface area contributed by atoms with Crippen molar-refractivity contribution in [3.8, 4) is 5.75 Å². The van der Waals surface area contributed by atoms with Gasteiger partial charge in [-0.25, -0.2) is 8.42 Å². The number of aryl methyl sites for hydroxylation is 1. The second kappa shape index (κ2) is 10.4. The smallest absolute Gasteiger partial charge is 0.339 e. The second-order valence-electron chi connectivity index (χ2n) is 9.69. The number of hydrogen-bond donors (Lipinski definition) is 2. The molecule has 0 saturated heterocycles. The van der Waals surface area contributed by atoms with Gasteiger partial charge in [0.1, 0.15) is 4.90 Å². The molecular weight excluding hydrogens is 534 g/mol. The highest BCUT2D eigenvalue weighted by molar-refractivity contribution is 7.93. The molecule has 5 aromatic rings. The van der Waals surface area contributed by atoms with Crippen molar-refractivity contribution in [1.82, 2.24) is 9.88 Å². The van der Waals surface area contributed by atoms with Crippen LogP contribution in [0.2, 0.25) is 0 Å². The van der Waals surface area contributed by atoms with Crippen LogP contribution in [0.4, 0.5) is 5.69 Å². The summed E-state index contributed by atoms with van der Waals surface area (Å²) < 4.78 is 61.1. The molecule has 0 spiro atoms. The summed E-state index contributed by atoms with van der Waals surface area (Å²) in [5, 5.41) is 1.66. The normalized spacial score (nSPS) is 12.3. The third kappa shape index (κ3) is 5.63. The van der Waals surface area contributed by atoms with Crippen molar-refractivity contribution in [3.63, 3.8) is 0 Å². The average Bonchev–Trinajstić information content (AvgIpc) is 3.29. The van der Waals surface area contributed by atoms with E-state index >= 15 is 0 Å². The molecule has 0 aliphatic heterocycles. The van der Waals surface area contributed by atoms with Crippen molar-refractivity contribution in [2.24, 2.45) is 0 Å². The number of anilines is 1. The Labute approximate surface area is 228 Å². The summed E-state index contributed by atoms with van der Waals surface area (Å²) in [6.45, 7) is 2.72. The summed E-state index contributed by atoms with van der Waals surface area (Å²) in [5.41, 5.74) is 3.37. The number of rotatable bonds is 9. The number of benzene rings is 4. The van der Waals surface area contributed by atoms with Crippen molar-refractivity contribution in [1.29, 1.82) is 0 Å². The molecule has 4 aromatic carbocycles. The monoisotopic (exact) mass is 563 g/mol. The number of likely N-dealkylation sites (N-methyl/N-ethyl adjacent to an activating group) is 1. The Bertz CT molecular complexity index is 1880. The van der Waals surface area contributed by atoms with Crippen LogP contribution in [0, 0.1) is 6.92 Å². The molecule has 0 bridgehead atoms. The lowest BCUT2D eigenvalue weighted by atomic mass is 10.1. The third-order valence-corrected chi connectivity index (χ3v) is 9.18. The van der Waals surface area contributed by atoms with Gasteiger partial charge in [0.05, 0.1) is 4.90 Å². The standard InChI is InChI=1S/C29H29N3O5S2/c1-20-10-13-23(14-11-20)39(35,36)37-28-8-4-7-25-24(28)6-5-9-29(25)38(33,34)31-22-12-15-27-26(18-22)21(19-30-27)16-17-32(2)3/h4-15,18-19,30-31H,16-17H2,1-3H3. The van der Waals surface area contributed by atoms with Gasteiger partial charge in [-0.05, 0) is 75.5 Å². The molecule has 2 N–H and O–H groups in total. The Balaban J connectivity index is 1.48. The Hall–Kier alpha value is -3.86. The van der Waals surface area contributed by atoms with Crippen molar-refractivity contribution < 1.29 is 21.0 Å². The first kappa shape index (κ1) is 26.7. The predicted octanol–water partition coefficient (Wildman–Crippen LogP) is 5.30. The maximum absolute atomic E-state index is 13.6. The fourth-order valence-electron chi connectivity index (χ4n) is 4.43. The van der Waals surface area contributed by atoms with E-state index in [1.807, 2.05) is 39.3 Å². The molecule has 8 nitrogen and oxygen atoms in total. The van der Waals surface area contributed by atoms with Crippen molar-refractivity contribution in [2.75, 3.05) is 25.4 Å². The minimum atomic E-state index is -4.12. The van der Waals surface area contributed by atoms with E-state index in [1.165, 1.54) is 24.3 Å². The Morgan fingerprint density at radius 3 is 2.31 bits per heavy atom. The highest BCUT2D eigenvalue weighted by atomic mass is 32.2. The second-order valence-corrected chi connectivity index (χ2v) is 12.9. The van der Waals surface area contributed by atoms with Gasteiger partial charge in [0.25, 0.3) is 10.0 Å². The summed E-state index contributed by atoms with van der Waals surface area (Å²) in [6.07, 6.45) is 2.77. The molecule has 0 radical (unpaired) electrons. The van der Waals surface area contributed by atoms with E-state index in [4.69, 9.17) is 4.18 Å². The molecule has 0 atom stereocenters. The zero-order valence-corrected chi connectivity index (χ0v) is 23.4. The van der Waals surface area contributed by atoms with Crippen LogP contribution in [-0.4, -0.2) is 47.4 Å². The summed E-state index contributed by atoms with van der Waals surface area (Å²) in [6, 6.07) is 21.1. The molecule has 0 amide bonds. The lowest BCUT2D eigenvalue weighted by Gasteiger charge is -2.14. The number of hydrogen-bond acceptors (Lipinski definition) is 6. The maximum atomic E-state index is 13.6. The van der Waals surface area contributed by atoms with Crippen molar-refractivity contribution in [2.45, 2.75) is 23.1 Å². The highest BCUT2D eigenvalue weighted by Gasteiger charge is 2.22. The van der Waals surface area contributed by atoms with E-state index in [9.17, 15) is 16.8 Å². The van der Waals surface area contributed by atoms with Gasteiger partial charge in [0, 0.05) is 40.1 Å². The van der Waals surface area contributed by atoms with E-state index in [2.05, 4.69) is 14.6 Å². The van der Waals surface area contributed by atoms with E-state index in [-0.39, 0.29) is 15.5 Å². The summed E-state index contributed by atoms with van der Waals surface area (Å²) in [7, 11) is -4.13. The predicted molar refractivity (Wildman–Crippen MR) is 154 cm³/mol. The maximum Gasteiger partial charge on any atom is 0.339 e. The van der Waals surface area contributed by atoms with Crippen LogP contribution in [0.1, 0.15) is 11.1 Å². The molecule has 0 aliphatic carbocycles. The average molecular weight is 564 g/mol. The zero-order chi connectivity index (χ0) is 27.8. The molecule has 0 aliphatic rings. The number of H-pyrrole nitrogens is 1. The summed E-state index contributed by atoms with van der Waals surface area (Å²) >= 11 is 0. The Morgan fingerprint density at radius 1 is 0.846 bits per heavy atom. The minimum absolute atomic E-state index is 0.0141.